The molecule has 3 rings (SSSR count). The van der Waals surface area contributed by atoms with E-state index in [-0.39, 0.29) is 48.5 Å². The lowest BCUT2D eigenvalue weighted by Crippen LogP contribution is -2.33. The summed E-state index contributed by atoms with van der Waals surface area (Å²) in [6.07, 6.45) is 4.68. The number of nitrogens with zero attached hydrogens (tertiary/aromatic N) is 2. The molecule has 2 aromatic rings. The summed E-state index contributed by atoms with van der Waals surface area (Å²) in [5, 5.41) is 14.1. The molecular weight excluding hydrogens is 446 g/mol. The summed E-state index contributed by atoms with van der Waals surface area (Å²) in [6.45, 7) is 1.91. The van der Waals surface area contributed by atoms with Gasteiger partial charge in [0.05, 0.1) is 24.3 Å². The van der Waals surface area contributed by atoms with E-state index in [0.717, 1.165) is 41.5 Å². The third-order valence-corrected chi connectivity index (χ3v) is 6.99. The Hall–Kier alpha value is -3.14. The molecule has 178 valence electrons. The van der Waals surface area contributed by atoms with Crippen LogP contribution >= 0.6 is 0 Å². The van der Waals surface area contributed by atoms with Gasteiger partial charge in [0.25, 0.3) is 5.69 Å². The number of non-ortho nitro benzene ring substituents is 1. The van der Waals surface area contributed by atoms with Gasteiger partial charge in [0.15, 0.2) is 0 Å². The van der Waals surface area contributed by atoms with Crippen molar-refractivity contribution in [3.63, 3.8) is 0 Å². The number of ether oxygens (including phenoxy) is 1. The molecule has 33 heavy (non-hydrogen) atoms. The largest absolute Gasteiger partial charge is 0.495 e. The van der Waals surface area contributed by atoms with Gasteiger partial charge in [-0.05, 0) is 55.4 Å². The Morgan fingerprint density at radius 2 is 1.94 bits per heavy atom. The zero-order valence-electron chi connectivity index (χ0n) is 19.0. The number of anilines is 1. The molecule has 0 unspecified atom stereocenters. The van der Waals surface area contributed by atoms with Crippen LogP contribution in [0.25, 0.3) is 0 Å². The van der Waals surface area contributed by atoms with Gasteiger partial charge in [0.2, 0.25) is 15.9 Å². The third kappa shape index (κ3) is 6.01. The van der Waals surface area contributed by atoms with Crippen LogP contribution in [0.4, 0.5) is 11.4 Å². The smallest absolute Gasteiger partial charge is 0.271 e. The van der Waals surface area contributed by atoms with Crippen molar-refractivity contribution in [1.82, 2.24) is 5.32 Å². The highest BCUT2D eigenvalue weighted by Crippen LogP contribution is 2.34. The molecular formula is C23H29N3O6S. The quantitative estimate of drug-likeness (QED) is 0.415. The van der Waals surface area contributed by atoms with Crippen molar-refractivity contribution in [2.24, 2.45) is 0 Å². The summed E-state index contributed by atoms with van der Waals surface area (Å²) in [5.41, 5.74) is 3.57. The van der Waals surface area contributed by atoms with Gasteiger partial charge in [-0.25, -0.2) is 8.42 Å². The molecule has 1 atom stereocenters. The van der Waals surface area contributed by atoms with E-state index in [1.165, 1.54) is 30.4 Å². The van der Waals surface area contributed by atoms with Crippen LogP contribution in [0, 0.1) is 10.1 Å². The van der Waals surface area contributed by atoms with Crippen LogP contribution < -0.4 is 14.4 Å². The number of methoxy groups -OCH3 is 1. The number of sulfonamides is 1. The van der Waals surface area contributed by atoms with Gasteiger partial charge in [-0.15, -0.1) is 0 Å². The number of hydrogen-bond acceptors (Lipinski definition) is 6. The topological polar surface area (TPSA) is 119 Å². The normalized spacial score (nSPS) is 13.8. The van der Waals surface area contributed by atoms with Gasteiger partial charge < -0.3 is 10.1 Å². The number of nitro groups is 1. The summed E-state index contributed by atoms with van der Waals surface area (Å²) in [6, 6.07) is 9.91. The fourth-order valence-corrected chi connectivity index (χ4v) is 5.05. The molecule has 0 heterocycles. The Balaban J connectivity index is 1.65. The van der Waals surface area contributed by atoms with E-state index in [9.17, 15) is 23.3 Å². The Kier molecular flexibility index (Phi) is 7.57. The molecule has 0 saturated carbocycles. The number of rotatable bonds is 10. The van der Waals surface area contributed by atoms with E-state index in [0.29, 0.717) is 0 Å². The Labute approximate surface area is 193 Å². The van der Waals surface area contributed by atoms with E-state index in [1.807, 2.05) is 13.0 Å². The summed E-state index contributed by atoms with van der Waals surface area (Å²) < 4.78 is 31.1. The maximum atomic E-state index is 12.5. The highest BCUT2D eigenvalue weighted by atomic mass is 32.2. The van der Waals surface area contributed by atoms with Crippen LogP contribution in [0.5, 0.6) is 5.75 Å². The standard InChI is InChI=1S/C23H29N3O6S/c1-16(18-10-9-17-6-4-7-19(17)14-18)24-23(27)8-5-13-25(33(3,30)31)21-15-20(26(28)29)11-12-22(21)32-2/h9-12,14-16H,4-8,13H2,1-3H3,(H,24,27)/t16-/m0/s1. The second kappa shape index (κ2) is 10.2. The molecule has 1 aliphatic rings. The molecule has 2 aromatic carbocycles. The monoisotopic (exact) mass is 475 g/mol. The first-order valence-corrected chi connectivity index (χ1v) is 12.7. The van der Waals surface area contributed by atoms with E-state index in [4.69, 9.17) is 4.74 Å². The van der Waals surface area contributed by atoms with Crippen LogP contribution in [-0.2, 0) is 27.7 Å². The number of fused-ring (bicyclic) bond motifs is 1. The number of carbonyl (C=O) groups is 1. The van der Waals surface area contributed by atoms with Gasteiger partial charge in [-0.1, -0.05) is 18.2 Å². The Bertz CT molecular complexity index is 1150. The minimum Gasteiger partial charge on any atom is -0.495 e. The van der Waals surface area contributed by atoms with Crippen molar-refractivity contribution < 1.29 is 22.9 Å². The molecule has 1 amide bonds. The van der Waals surface area contributed by atoms with Crippen molar-refractivity contribution in [2.75, 3.05) is 24.2 Å². The molecule has 0 fully saturated rings. The minimum absolute atomic E-state index is 0.0169. The number of nitro benzene ring substituents is 1. The fraction of sp³-hybridized carbons (Fsp3) is 0.435. The zero-order valence-corrected chi connectivity index (χ0v) is 19.9. The van der Waals surface area contributed by atoms with Crippen molar-refractivity contribution in [1.29, 1.82) is 0 Å². The van der Waals surface area contributed by atoms with Gasteiger partial charge in [-0.3, -0.25) is 19.2 Å². The zero-order chi connectivity index (χ0) is 24.2. The second-order valence-corrected chi connectivity index (χ2v) is 10.1. The molecule has 0 aromatic heterocycles. The predicted octanol–water partition coefficient (Wildman–Crippen LogP) is 3.52. The lowest BCUT2D eigenvalue weighted by molar-refractivity contribution is -0.384. The average Bonchev–Trinajstić information content (AvgIpc) is 3.23. The van der Waals surface area contributed by atoms with Crippen LogP contribution in [-0.4, -0.2) is 39.2 Å². The number of amides is 1. The second-order valence-electron chi connectivity index (χ2n) is 8.22. The Morgan fingerprint density at radius 1 is 1.21 bits per heavy atom. The summed E-state index contributed by atoms with van der Waals surface area (Å²) >= 11 is 0. The number of benzene rings is 2. The predicted molar refractivity (Wildman–Crippen MR) is 126 cm³/mol. The highest BCUT2D eigenvalue weighted by molar-refractivity contribution is 7.92. The molecule has 10 heteroatoms. The van der Waals surface area contributed by atoms with Gasteiger partial charge in [-0.2, -0.15) is 0 Å². The molecule has 1 N–H and O–H groups in total. The number of carbonyl (C=O) groups excluding carboxylic acids is 1. The number of aryl methyl sites for hydroxylation is 2. The summed E-state index contributed by atoms with van der Waals surface area (Å²) in [5.74, 6) is 0.00293. The maximum absolute atomic E-state index is 12.5. The average molecular weight is 476 g/mol. The molecule has 0 aliphatic heterocycles. The number of hydrogen-bond donors (Lipinski definition) is 1. The minimum atomic E-state index is -3.76. The van der Waals surface area contributed by atoms with Crippen molar-refractivity contribution >= 4 is 27.3 Å². The Morgan fingerprint density at radius 3 is 2.61 bits per heavy atom. The lowest BCUT2D eigenvalue weighted by Gasteiger charge is -2.24. The molecule has 0 spiro atoms. The SMILES string of the molecule is COc1ccc([N+](=O)[O-])cc1N(CCCC(=O)N[C@@H](C)c1ccc2c(c1)CCC2)S(C)(=O)=O. The number of nitrogens with one attached hydrogen (secondary N) is 1. The molecule has 0 saturated heterocycles. The van der Waals surface area contributed by atoms with E-state index >= 15 is 0 Å². The van der Waals surface area contributed by atoms with Crippen LogP contribution in [0.3, 0.4) is 0 Å². The highest BCUT2D eigenvalue weighted by Gasteiger charge is 2.24. The van der Waals surface area contributed by atoms with Crippen LogP contribution in [0.1, 0.15) is 48.9 Å². The van der Waals surface area contributed by atoms with Gasteiger partial charge in [0.1, 0.15) is 11.4 Å². The van der Waals surface area contributed by atoms with Crippen molar-refractivity contribution in [3.8, 4) is 5.75 Å². The fourth-order valence-electron chi connectivity index (χ4n) is 4.09. The first kappa shape index (κ1) is 24.5. The van der Waals surface area contributed by atoms with E-state index < -0.39 is 14.9 Å². The van der Waals surface area contributed by atoms with E-state index in [1.54, 1.807) is 0 Å². The third-order valence-electron chi connectivity index (χ3n) is 5.81. The summed E-state index contributed by atoms with van der Waals surface area (Å²) in [4.78, 5) is 23.1. The van der Waals surface area contributed by atoms with E-state index in [2.05, 4.69) is 17.4 Å². The maximum Gasteiger partial charge on any atom is 0.271 e. The first-order chi connectivity index (χ1) is 15.6. The summed E-state index contributed by atoms with van der Waals surface area (Å²) in [7, 11) is -2.40. The van der Waals surface area contributed by atoms with Crippen molar-refractivity contribution in [3.05, 3.63) is 63.2 Å². The molecule has 9 nitrogen and oxygen atoms in total. The first-order valence-electron chi connectivity index (χ1n) is 10.8. The van der Waals surface area contributed by atoms with Gasteiger partial charge in [0, 0.05) is 25.1 Å². The lowest BCUT2D eigenvalue weighted by atomic mass is 10.0. The molecule has 1 aliphatic carbocycles. The molecule has 0 radical (unpaired) electrons. The van der Waals surface area contributed by atoms with Crippen molar-refractivity contribution in [2.45, 2.75) is 45.1 Å². The molecule has 0 bridgehead atoms. The van der Waals surface area contributed by atoms with Crippen LogP contribution in [0.2, 0.25) is 0 Å². The van der Waals surface area contributed by atoms with Gasteiger partial charge >= 0.3 is 0 Å². The van der Waals surface area contributed by atoms with Crippen LogP contribution in [0.15, 0.2) is 36.4 Å².